The van der Waals surface area contributed by atoms with Gasteiger partial charge in [-0.15, -0.1) is 0 Å². The van der Waals surface area contributed by atoms with Gasteiger partial charge in [-0.05, 0) is 37.6 Å². The monoisotopic (exact) mass is 451 g/mol. The number of hydrogen-bond acceptors (Lipinski definition) is 8. The van der Waals surface area contributed by atoms with Crippen molar-refractivity contribution in [2.24, 2.45) is 0 Å². The van der Waals surface area contributed by atoms with Gasteiger partial charge in [-0.2, -0.15) is 4.98 Å². The number of aromatic nitrogens is 2. The van der Waals surface area contributed by atoms with Gasteiger partial charge in [0.25, 0.3) is 0 Å². The first-order chi connectivity index (χ1) is 16.0. The summed E-state index contributed by atoms with van der Waals surface area (Å²) in [5.74, 6) is 2.83. The van der Waals surface area contributed by atoms with Crippen LogP contribution in [-0.4, -0.2) is 57.8 Å². The number of hydrogen-bond donors (Lipinski definition) is 2. The van der Waals surface area contributed by atoms with Crippen molar-refractivity contribution < 1.29 is 24.2 Å². The summed E-state index contributed by atoms with van der Waals surface area (Å²) in [5.41, 5.74) is 3.27. The lowest BCUT2D eigenvalue weighted by Crippen LogP contribution is -2.44. The van der Waals surface area contributed by atoms with Crippen LogP contribution in [-0.2, 0) is 12.0 Å². The highest BCUT2D eigenvalue weighted by Gasteiger charge is 2.43. The molecule has 5 rings (SSSR count). The molecule has 0 amide bonds. The summed E-state index contributed by atoms with van der Waals surface area (Å²) in [6, 6.07) is 14.1. The molecule has 174 valence electrons. The van der Waals surface area contributed by atoms with E-state index in [1.54, 1.807) is 6.92 Å². The largest absolute Gasteiger partial charge is 0.492 e. The average Bonchev–Trinajstić information content (AvgIpc) is 3.41. The van der Waals surface area contributed by atoms with Crippen LogP contribution in [0.15, 0.2) is 47.0 Å². The van der Waals surface area contributed by atoms with Crippen molar-refractivity contribution in [3.05, 3.63) is 59.5 Å². The third kappa shape index (κ3) is 4.73. The minimum atomic E-state index is -1.23. The van der Waals surface area contributed by atoms with Crippen LogP contribution in [0.3, 0.4) is 0 Å². The highest BCUT2D eigenvalue weighted by atomic mass is 16.5. The molecule has 2 aliphatic heterocycles. The molecule has 0 saturated carbocycles. The Kier molecular flexibility index (Phi) is 6.05. The number of piperidine rings is 1. The van der Waals surface area contributed by atoms with Crippen molar-refractivity contribution in [2.75, 3.05) is 26.2 Å². The minimum absolute atomic E-state index is 0.0472. The maximum absolute atomic E-state index is 9.11. The first-order valence-corrected chi connectivity index (χ1v) is 11.4. The molecule has 0 aliphatic carbocycles. The lowest BCUT2D eigenvalue weighted by atomic mass is 9.74. The third-order valence-electron chi connectivity index (χ3n) is 6.69. The van der Waals surface area contributed by atoms with E-state index < -0.39 is 6.29 Å². The number of aliphatic hydroxyl groups is 2. The molecule has 3 heterocycles. The van der Waals surface area contributed by atoms with Gasteiger partial charge < -0.3 is 29.1 Å². The van der Waals surface area contributed by atoms with E-state index in [-0.39, 0.29) is 5.41 Å². The van der Waals surface area contributed by atoms with Gasteiger partial charge in [-0.3, -0.25) is 0 Å². The third-order valence-corrected chi connectivity index (χ3v) is 6.69. The second kappa shape index (κ2) is 9.13. The lowest BCUT2D eigenvalue weighted by Gasteiger charge is -2.38. The minimum Gasteiger partial charge on any atom is -0.492 e. The summed E-state index contributed by atoms with van der Waals surface area (Å²) in [4.78, 5) is 6.54. The predicted molar refractivity (Wildman–Crippen MR) is 121 cm³/mol. The quantitative estimate of drug-likeness (QED) is 0.529. The molecule has 1 spiro atoms. The van der Waals surface area contributed by atoms with E-state index in [1.807, 2.05) is 36.4 Å². The molecule has 8 nitrogen and oxygen atoms in total. The summed E-state index contributed by atoms with van der Waals surface area (Å²) in [6.07, 6.45) is 1.17. The van der Waals surface area contributed by atoms with Crippen molar-refractivity contribution in [1.29, 1.82) is 0 Å². The highest BCUT2D eigenvalue weighted by Crippen LogP contribution is 2.46. The van der Waals surface area contributed by atoms with Crippen LogP contribution >= 0.6 is 0 Å². The summed E-state index contributed by atoms with van der Waals surface area (Å²) in [5, 5.41) is 22.2. The first kappa shape index (κ1) is 21.9. The molecule has 2 aliphatic rings. The maximum atomic E-state index is 9.11. The molecule has 3 aromatic rings. The number of aryl methyl sites for hydroxylation is 1. The molecule has 1 fully saturated rings. The summed E-state index contributed by atoms with van der Waals surface area (Å²) < 4.78 is 17.2. The Hall–Kier alpha value is -2.94. The van der Waals surface area contributed by atoms with Gasteiger partial charge >= 0.3 is 0 Å². The second-order valence-electron chi connectivity index (χ2n) is 8.96. The topological polar surface area (TPSA) is 101 Å². The Bertz CT molecular complexity index is 1090. The molecule has 1 aromatic heterocycles. The van der Waals surface area contributed by atoms with Crippen LogP contribution in [0.2, 0.25) is 0 Å². The molecule has 2 N–H and O–H groups in total. The Morgan fingerprint density at radius 2 is 1.91 bits per heavy atom. The molecule has 0 bridgehead atoms. The number of likely N-dealkylation sites (tertiary alicyclic amines) is 1. The number of nitrogens with zero attached hydrogens (tertiary/aromatic N) is 3. The van der Waals surface area contributed by atoms with E-state index in [0.717, 1.165) is 48.6 Å². The number of fused-ring (bicyclic) bond motifs is 2. The Morgan fingerprint density at radius 3 is 2.61 bits per heavy atom. The molecule has 8 heteroatoms. The first-order valence-electron chi connectivity index (χ1n) is 11.4. The summed E-state index contributed by atoms with van der Waals surface area (Å²) in [6.45, 7) is 5.51. The fourth-order valence-corrected chi connectivity index (χ4v) is 4.69. The van der Waals surface area contributed by atoms with Gasteiger partial charge in [-0.1, -0.05) is 35.5 Å². The van der Waals surface area contributed by atoms with Crippen molar-refractivity contribution in [2.45, 2.75) is 44.5 Å². The second-order valence-corrected chi connectivity index (χ2v) is 8.96. The smallest absolute Gasteiger partial charge is 0.223 e. The van der Waals surface area contributed by atoms with Gasteiger partial charge in [-0.25, -0.2) is 0 Å². The highest BCUT2D eigenvalue weighted by molar-refractivity contribution is 5.54. The lowest BCUT2D eigenvalue weighted by molar-refractivity contribution is -0.0520. The molecule has 0 radical (unpaired) electrons. The summed E-state index contributed by atoms with van der Waals surface area (Å²) in [7, 11) is 0. The van der Waals surface area contributed by atoms with Gasteiger partial charge in [0.05, 0.1) is 6.61 Å². The summed E-state index contributed by atoms with van der Waals surface area (Å²) >= 11 is 0. The molecule has 33 heavy (non-hydrogen) atoms. The van der Waals surface area contributed by atoms with E-state index in [1.165, 1.54) is 5.56 Å². The van der Waals surface area contributed by atoms with E-state index in [4.69, 9.17) is 24.2 Å². The molecule has 0 unspecified atom stereocenters. The van der Waals surface area contributed by atoms with Crippen molar-refractivity contribution in [3.63, 3.8) is 0 Å². The van der Waals surface area contributed by atoms with E-state index in [2.05, 4.69) is 21.1 Å². The molecular weight excluding hydrogens is 422 g/mol. The van der Waals surface area contributed by atoms with E-state index >= 15 is 0 Å². The van der Waals surface area contributed by atoms with Gasteiger partial charge in [0.1, 0.15) is 18.1 Å². The van der Waals surface area contributed by atoms with Crippen LogP contribution in [0.5, 0.6) is 11.5 Å². The van der Waals surface area contributed by atoms with Crippen molar-refractivity contribution in [3.8, 4) is 22.9 Å². The average molecular weight is 452 g/mol. The van der Waals surface area contributed by atoms with Crippen molar-refractivity contribution in [1.82, 2.24) is 15.0 Å². The normalized spacial score (nSPS) is 17.3. The number of rotatable bonds is 7. The van der Waals surface area contributed by atoms with Crippen LogP contribution < -0.4 is 9.47 Å². The molecular formula is C25H29N3O5. The fraction of sp³-hybridized carbons (Fsp3) is 0.440. The van der Waals surface area contributed by atoms with E-state index in [0.29, 0.717) is 37.9 Å². The maximum Gasteiger partial charge on any atom is 0.223 e. The number of aliphatic hydroxyl groups excluding tert-OH is 1. The molecule has 2 aromatic carbocycles. The van der Waals surface area contributed by atoms with Crippen molar-refractivity contribution >= 4 is 0 Å². The van der Waals surface area contributed by atoms with Gasteiger partial charge in [0.15, 0.2) is 6.29 Å². The van der Waals surface area contributed by atoms with Crippen LogP contribution in [0, 0.1) is 6.92 Å². The Balaban J connectivity index is 1.19. The van der Waals surface area contributed by atoms with Gasteiger partial charge in [0.2, 0.25) is 11.7 Å². The predicted octanol–water partition coefficient (Wildman–Crippen LogP) is 3.05. The van der Waals surface area contributed by atoms with Crippen LogP contribution in [0.1, 0.15) is 36.3 Å². The zero-order valence-corrected chi connectivity index (χ0v) is 18.7. The zero-order valence-electron chi connectivity index (χ0n) is 18.7. The van der Waals surface area contributed by atoms with E-state index in [9.17, 15) is 0 Å². The molecule has 1 saturated heterocycles. The zero-order chi connectivity index (χ0) is 22.8. The number of benzene rings is 2. The Morgan fingerprint density at radius 1 is 1.12 bits per heavy atom. The van der Waals surface area contributed by atoms with Crippen LogP contribution in [0.25, 0.3) is 11.4 Å². The SMILES string of the molecule is Cc1nc(-c2ccc(COc3ccc4c(c3)OCC43CCN(CCC(O)O)CC3)cc2)no1. The van der Waals surface area contributed by atoms with Crippen LogP contribution in [0.4, 0.5) is 0 Å². The fourth-order valence-electron chi connectivity index (χ4n) is 4.69. The number of ether oxygens (including phenoxy) is 2. The molecule has 0 atom stereocenters. The standard InChI is InChI=1S/C25H29N3O5/c1-17-26-24(27-33-17)19-4-2-18(3-5-19)15-31-20-6-7-21-22(14-20)32-16-25(21)9-12-28(13-10-25)11-8-23(29)30/h2-7,14,23,29-30H,8-13,15-16H2,1H3. The van der Waals surface area contributed by atoms with Gasteiger partial charge in [0, 0.05) is 42.5 Å². The Labute approximate surface area is 192 Å².